The average Bonchev–Trinajstić information content (AvgIpc) is 3.11. The molecule has 0 aliphatic carbocycles. The van der Waals surface area contributed by atoms with E-state index in [1.165, 1.54) is 22.5 Å². The van der Waals surface area contributed by atoms with E-state index in [1.54, 1.807) is 6.07 Å². The molecule has 0 aliphatic rings. The van der Waals surface area contributed by atoms with Crippen molar-refractivity contribution in [2.24, 2.45) is 12.0 Å². The fourth-order valence-corrected chi connectivity index (χ4v) is 3.97. The van der Waals surface area contributed by atoms with E-state index >= 15 is 0 Å². The molecule has 0 N–H and O–H groups in total. The Morgan fingerprint density at radius 1 is 1.17 bits per heavy atom. The number of benzene rings is 2. The van der Waals surface area contributed by atoms with Gasteiger partial charge in [-0.1, -0.05) is 35.6 Å². The average molecular weight is 336 g/mol. The summed E-state index contributed by atoms with van der Waals surface area (Å²) < 4.78 is 8.72. The molecule has 0 radical (unpaired) electrons. The van der Waals surface area contributed by atoms with Gasteiger partial charge in [0.05, 0.1) is 10.2 Å². The van der Waals surface area contributed by atoms with Crippen LogP contribution in [0, 0.1) is 13.8 Å². The minimum atomic E-state index is -0.359. The van der Waals surface area contributed by atoms with Crippen LogP contribution in [-0.4, -0.2) is 10.5 Å². The normalized spacial score (nSPS) is 12.4. The highest BCUT2D eigenvalue weighted by Crippen LogP contribution is 2.23. The molecule has 4 aromatic rings. The summed E-state index contributed by atoms with van der Waals surface area (Å²) in [6.07, 6.45) is 0. The van der Waals surface area contributed by atoms with E-state index in [1.807, 2.05) is 35.9 Å². The van der Waals surface area contributed by atoms with Crippen molar-refractivity contribution in [3.05, 3.63) is 64.2 Å². The van der Waals surface area contributed by atoms with Crippen molar-refractivity contribution in [2.75, 3.05) is 0 Å². The molecule has 0 spiro atoms. The lowest BCUT2D eigenvalue weighted by molar-refractivity contribution is 0.0973. The van der Waals surface area contributed by atoms with Crippen molar-refractivity contribution >= 4 is 38.4 Å². The molecule has 120 valence electrons. The van der Waals surface area contributed by atoms with Crippen LogP contribution in [0.2, 0.25) is 0 Å². The second-order valence-electron chi connectivity index (χ2n) is 5.94. The maximum absolute atomic E-state index is 12.5. The Balaban J connectivity index is 1.85. The first-order valence-electron chi connectivity index (χ1n) is 7.67. The first-order chi connectivity index (χ1) is 11.5. The number of aromatic nitrogens is 1. The summed E-state index contributed by atoms with van der Waals surface area (Å²) in [4.78, 5) is 17.4. The van der Waals surface area contributed by atoms with Gasteiger partial charge in [0.25, 0.3) is 0 Å². The number of hydrogen-bond donors (Lipinski definition) is 0. The Labute approximate surface area is 142 Å². The standard InChI is InChI=1S/C19H16N2O2S/c1-11-8-12(2)17-14(9-11)21(3)19(24-17)20-18(22)16-10-13-6-4-5-7-15(13)23-16/h4-10H,1-3H3. The predicted octanol–water partition coefficient (Wildman–Crippen LogP) is 4.34. The molecule has 0 saturated carbocycles. The van der Waals surface area contributed by atoms with Crippen LogP contribution in [0.4, 0.5) is 0 Å². The van der Waals surface area contributed by atoms with Crippen LogP contribution in [0.25, 0.3) is 21.2 Å². The van der Waals surface area contributed by atoms with Crippen LogP contribution < -0.4 is 4.80 Å². The highest BCUT2D eigenvalue weighted by atomic mass is 32.1. The van der Waals surface area contributed by atoms with Crippen LogP contribution in [0.15, 0.2) is 51.9 Å². The van der Waals surface area contributed by atoms with Crippen molar-refractivity contribution in [3.63, 3.8) is 0 Å². The smallest absolute Gasteiger partial charge is 0.315 e. The Morgan fingerprint density at radius 3 is 2.75 bits per heavy atom. The van der Waals surface area contributed by atoms with Crippen molar-refractivity contribution in [1.29, 1.82) is 0 Å². The van der Waals surface area contributed by atoms with E-state index in [0.717, 1.165) is 15.6 Å². The van der Waals surface area contributed by atoms with Crippen molar-refractivity contribution in [3.8, 4) is 0 Å². The number of para-hydroxylation sites is 1. The van der Waals surface area contributed by atoms with Gasteiger partial charge in [0.15, 0.2) is 10.6 Å². The number of fused-ring (bicyclic) bond motifs is 2. The molecular formula is C19H16N2O2S. The summed E-state index contributed by atoms with van der Waals surface area (Å²) in [6.45, 7) is 4.15. The molecule has 1 amide bonds. The lowest BCUT2D eigenvalue weighted by atomic mass is 10.1. The number of carbonyl (C=O) groups is 1. The fraction of sp³-hybridized carbons (Fsp3) is 0.158. The Bertz CT molecular complexity index is 1130. The van der Waals surface area contributed by atoms with Gasteiger partial charge in [0, 0.05) is 12.4 Å². The first kappa shape index (κ1) is 14.9. The quantitative estimate of drug-likeness (QED) is 0.519. The van der Waals surface area contributed by atoms with Gasteiger partial charge >= 0.3 is 5.91 Å². The second-order valence-corrected chi connectivity index (χ2v) is 6.92. The largest absolute Gasteiger partial charge is 0.451 e. The minimum Gasteiger partial charge on any atom is -0.451 e. The zero-order valence-electron chi connectivity index (χ0n) is 13.7. The van der Waals surface area contributed by atoms with E-state index in [4.69, 9.17) is 4.42 Å². The molecule has 2 aromatic carbocycles. The zero-order chi connectivity index (χ0) is 16.8. The number of hydrogen-bond acceptors (Lipinski definition) is 3. The molecule has 2 heterocycles. The van der Waals surface area contributed by atoms with E-state index in [0.29, 0.717) is 10.4 Å². The van der Waals surface area contributed by atoms with Gasteiger partial charge in [-0.15, -0.1) is 0 Å². The number of carbonyl (C=O) groups excluding carboxylic acids is 1. The van der Waals surface area contributed by atoms with Gasteiger partial charge in [-0.2, -0.15) is 4.99 Å². The number of furan rings is 1. The minimum absolute atomic E-state index is 0.265. The van der Waals surface area contributed by atoms with Gasteiger partial charge < -0.3 is 8.98 Å². The maximum atomic E-state index is 12.5. The Hall–Kier alpha value is -2.66. The van der Waals surface area contributed by atoms with Crippen LogP contribution >= 0.6 is 11.3 Å². The number of aryl methyl sites for hydroxylation is 3. The van der Waals surface area contributed by atoms with Crippen molar-refractivity contribution in [2.45, 2.75) is 13.8 Å². The Morgan fingerprint density at radius 2 is 1.96 bits per heavy atom. The fourth-order valence-electron chi connectivity index (χ4n) is 2.90. The van der Waals surface area contributed by atoms with Gasteiger partial charge in [0.2, 0.25) is 0 Å². The second kappa shape index (κ2) is 5.46. The summed E-state index contributed by atoms with van der Waals surface area (Å²) in [5, 5.41) is 0.906. The van der Waals surface area contributed by atoms with E-state index in [9.17, 15) is 4.79 Å². The van der Waals surface area contributed by atoms with Gasteiger partial charge in [-0.3, -0.25) is 4.79 Å². The number of rotatable bonds is 1. The molecule has 0 bridgehead atoms. The summed E-state index contributed by atoms with van der Waals surface area (Å²) >= 11 is 1.52. The molecule has 0 unspecified atom stereocenters. The zero-order valence-corrected chi connectivity index (χ0v) is 14.5. The number of nitrogens with zero attached hydrogens (tertiary/aromatic N) is 2. The van der Waals surface area contributed by atoms with Gasteiger partial charge in [-0.25, -0.2) is 0 Å². The molecule has 0 fully saturated rings. The molecule has 2 aromatic heterocycles. The molecule has 4 rings (SSSR count). The molecule has 0 atom stereocenters. The van der Waals surface area contributed by atoms with Gasteiger partial charge in [-0.05, 0) is 43.2 Å². The topological polar surface area (TPSA) is 47.5 Å². The highest BCUT2D eigenvalue weighted by molar-refractivity contribution is 7.16. The van der Waals surface area contributed by atoms with E-state index in [2.05, 4.69) is 31.0 Å². The highest BCUT2D eigenvalue weighted by Gasteiger charge is 2.13. The third-order valence-electron chi connectivity index (χ3n) is 4.07. The van der Waals surface area contributed by atoms with E-state index in [-0.39, 0.29) is 11.7 Å². The predicted molar refractivity (Wildman–Crippen MR) is 96.4 cm³/mol. The third kappa shape index (κ3) is 2.37. The Kier molecular flexibility index (Phi) is 3.39. The number of thiazole rings is 1. The summed E-state index contributed by atoms with van der Waals surface area (Å²) in [7, 11) is 1.93. The molecular weight excluding hydrogens is 320 g/mol. The first-order valence-corrected chi connectivity index (χ1v) is 8.49. The van der Waals surface area contributed by atoms with Crippen LogP contribution in [0.3, 0.4) is 0 Å². The lowest BCUT2D eigenvalue weighted by Crippen LogP contribution is -2.13. The maximum Gasteiger partial charge on any atom is 0.315 e. The van der Waals surface area contributed by atoms with Crippen LogP contribution in [0.5, 0.6) is 0 Å². The van der Waals surface area contributed by atoms with E-state index < -0.39 is 0 Å². The summed E-state index contributed by atoms with van der Waals surface area (Å²) in [5.74, 6) is -0.0933. The molecule has 0 saturated heterocycles. The van der Waals surface area contributed by atoms with Gasteiger partial charge in [0.1, 0.15) is 5.58 Å². The molecule has 24 heavy (non-hydrogen) atoms. The van der Waals surface area contributed by atoms with Crippen LogP contribution in [0.1, 0.15) is 21.7 Å². The van der Waals surface area contributed by atoms with Crippen LogP contribution in [-0.2, 0) is 7.05 Å². The third-order valence-corrected chi connectivity index (χ3v) is 5.36. The molecule has 0 aliphatic heterocycles. The number of amides is 1. The summed E-state index contributed by atoms with van der Waals surface area (Å²) in [6, 6.07) is 13.6. The monoisotopic (exact) mass is 336 g/mol. The lowest BCUT2D eigenvalue weighted by Gasteiger charge is -2.00. The molecule has 5 heteroatoms. The summed E-state index contributed by atoms with van der Waals surface area (Å²) in [5.41, 5.74) is 4.18. The van der Waals surface area contributed by atoms with Crippen molar-refractivity contribution < 1.29 is 9.21 Å². The van der Waals surface area contributed by atoms with Crippen molar-refractivity contribution in [1.82, 2.24) is 4.57 Å². The SMILES string of the molecule is Cc1cc(C)c2sc(=NC(=O)c3cc4ccccc4o3)n(C)c2c1. The molecule has 4 nitrogen and oxygen atoms in total.